The lowest BCUT2D eigenvalue weighted by Gasteiger charge is -2.29. The van der Waals surface area contributed by atoms with Crippen LogP contribution < -0.4 is 0 Å². The van der Waals surface area contributed by atoms with Gasteiger partial charge in [0.1, 0.15) is 0 Å². The summed E-state index contributed by atoms with van der Waals surface area (Å²) in [6.07, 6.45) is 0.989. The molecule has 0 saturated carbocycles. The van der Waals surface area contributed by atoms with Crippen LogP contribution in [0.1, 0.15) is 24.2 Å². The maximum Gasteiger partial charge on any atom is 0.0469 e. The van der Waals surface area contributed by atoms with Crippen molar-refractivity contribution in [2.24, 2.45) is 5.92 Å². The Hall–Kier alpha value is -1.28. The quantitative estimate of drug-likeness (QED) is 0.751. The van der Waals surface area contributed by atoms with Gasteiger partial charge in [-0.25, -0.2) is 0 Å². The minimum atomic E-state index is 0.280. The Morgan fingerprint density at radius 1 is 1.33 bits per heavy atom. The fraction of sp³-hybridized carbons (Fsp3) is 0.385. The number of aliphatic hydroxyl groups excluding tert-OH is 1. The van der Waals surface area contributed by atoms with Crippen LogP contribution in [0.3, 0.4) is 0 Å². The van der Waals surface area contributed by atoms with E-state index in [0.717, 1.165) is 6.42 Å². The first kappa shape index (κ1) is 8.98. The summed E-state index contributed by atoms with van der Waals surface area (Å²) in [7, 11) is 0. The van der Waals surface area contributed by atoms with Gasteiger partial charge in [0.15, 0.2) is 0 Å². The van der Waals surface area contributed by atoms with E-state index in [1.807, 2.05) is 0 Å². The predicted octanol–water partition coefficient (Wildman–Crippen LogP) is 2.21. The van der Waals surface area contributed by atoms with Gasteiger partial charge in [-0.05, 0) is 36.6 Å². The summed E-state index contributed by atoms with van der Waals surface area (Å²) in [5.41, 5.74) is 3.93. The first-order valence-electron chi connectivity index (χ1n) is 5.51. The van der Waals surface area contributed by atoms with E-state index < -0.39 is 0 Å². The van der Waals surface area contributed by atoms with Gasteiger partial charge >= 0.3 is 0 Å². The van der Waals surface area contributed by atoms with Crippen molar-refractivity contribution >= 4 is 5.52 Å². The van der Waals surface area contributed by atoms with Crippen molar-refractivity contribution in [3.63, 3.8) is 0 Å². The molecule has 2 aromatic heterocycles. The third-order valence-corrected chi connectivity index (χ3v) is 3.66. The third kappa shape index (κ3) is 1.15. The number of aromatic nitrogens is 1. The molecule has 0 aromatic carbocycles. The van der Waals surface area contributed by atoms with Gasteiger partial charge in [-0.2, -0.15) is 0 Å². The molecule has 15 heavy (non-hydrogen) atoms. The number of aliphatic hydroxyl groups is 1. The van der Waals surface area contributed by atoms with Crippen molar-refractivity contribution in [3.05, 3.63) is 41.7 Å². The average Bonchev–Trinajstić information content (AvgIpc) is 2.68. The smallest absolute Gasteiger partial charge is 0.0469 e. The second kappa shape index (κ2) is 3.11. The molecule has 2 aromatic rings. The maximum absolute atomic E-state index is 9.37. The van der Waals surface area contributed by atoms with E-state index in [1.54, 1.807) is 0 Å². The zero-order valence-corrected chi connectivity index (χ0v) is 8.85. The Kier molecular flexibility index (Phi) is 1.86. The van der Waals surface area contributed by atoms with Crippen LogP contribution in [0.4, 0.5) is 0 Å². The van der Waals surface area contributed by atoms with Gasteiger partial charge in [0, 0.05) is 29.4 Å². The molecule has 3 heterocycles. The van der Waals surface area contributed by atoms with Gasteiger partial charge in [-0.3, -0.25) is 0 Å². The van der Waals surface area contributed by atoms with E-state index in [9.17, 15) is 5.11 Å². The van der Waals surface area contributed by atoms with Crippen molar-refractivity contribution in [3.8, 4) is 0 Å². The first-order chi connectivity index (χ1) is 7.31. The highest BCUT2D eigenvalue weighted by atomic mass is 16.3. The molecule has 0 spiro atoms. The summed E-state index contributed by atoms with van der Waals surface area (Å²) < 4.78 is 2.33. The van der Waals surface area contributed by atoms with Crippen molar-refractivity contribution in [1.29, 1.82) is 0 Å². The Morgan fingerprint density at radius 2 is 2.20 bits per heavy atom. The Balaban J connectivity index is 2.27. The monoisotopic (exact) mass is 201 g/mol. The van der Waals surface area contributed by atoms with Gasteiger partial charge < -0.3 is 9.51 Å². The summed E-state index contributed by atoms with van der Waals surface area (Å²) in [6.45, 7) is 2.49. The van der Waals surface area contributed by atoms with Gasteiger partial charge in [0.25, 0.3) is 0 Å². The van der Waals surface area contributed by atoms with Crippen molar-refractivity contribution in [2.45, 2.75) is 19.3 Å². The highest BCUT2D eigenvalue weighted by molar-refractivity contribution is 5.52. The summed E-state index contributed by atoms with van der Waals surface area (Å²) >= 11 is 0. The van der Waals surface area contributed by atoms with E-state index >= 15 is 0 Å². The van der Waals surface area contributed by atoms with Crippen LogP contribution in [0.25, 0.3) is 5.52 Å². The van der Waals surface area contributed by atoms with E-state index in [4.69, 9.17) is 0 Å². The van der Waals surface area contributed by atoms with Crippen molar-refractivity contribution < 1.29 is 5.11 Å². The van der Waals surface area contributed by atoms with Crippen molar-refractivity contribution in [2.75, 3.05) is 6.61 Å². The molecule has 0 radical (unpaired) electrons. The molecule has 2 nitrogen and oxygen atoms in total. The SMILES string of the molecule is C[C@H]1c2cccc3ccc(n23)C[C@@H]1CO. The van der Waals surface area contributed by atoms with Gasteiger partial charge in [0.05, 0.1) is 0 Å². The van der Waals surface area contributed by atoms with Crippen LogP contribution >= 0.6 is 0 Å². The highest BCUT2D eigenvalue weighted by Crippen LogP contribution is 2.33. The van der Waals surface area contributed by atoms with Crippen molar-refractivity contribution in [1.82, 2.24) is 4.40 Å². The summed E-state index contributed by atoms with van der Waals surface area (Å²) in [5, 5.41) is 9.37. The van der Waals surface area contributed by atoms with E-state index in [-0.39, 0.29) is 6.61 Å². The molecule has 0 amide bonds. The first-order valence-corrected chi connectivity index (χ1v) is 5.51. The Morgan fingerprint density at radius 3 is 3.00 bits per heavy atom. The van der Waals surface area contributed by atoms with Crippen LogP contribution in [0, 0.1) is 5.92 Å². The van der Waals surface area contributed by atoms with Gasteiger partial charge in [0.2, 0.25) is 0 Å². The van der Waals surface area contributed by atoms with Gasteiger partial charge in [-0.15, -0.1) is 0 Å². The summed E-state index contributed by atoms with van der Waals surface area (Å²) in [5.74, 6) is 0.816. The Labute approximate surface area is 89.2 Å². The largest absolute Gasteiger partial charge is 0.396 e. The number of hydrogen-bond acceptors (Lipinski definition) is 1. The lowest BCUT2D eigenvalue weighted by molar-refractivity contribution is 0.199. The molecular formula is C13H15NO. The van der Waals surface area contributed by atoms with Crippen LogP contribution in [0.5, 0.6) is 0 Å². The maximum atomic E-state index is 9.37. The zero-order valence-electron chi connectivity index (χ0n) is 8.85. The topological polar surface area (TPSA) is 24.6 Å². The molecule has 0 aliphatic carbocycles. The molecule has 1 N–H and O–H groups in total. The fourth-order valence-corrected chi connectivity index (χ4v) is 2.69. The second-order valence-corrected chi connectivity index (χ2v) is 4.47. The molecule has 0 fully saturated rings. The van der Waals surface area contributed by atoms with Crippen LogP contribution in [-0.2, 0) is 6.42 Å². The third-order valence-electron chi connectivity index (χ3n) is 3.66. The van der Waals surface area contributed by atoms with E-state index in [1.165, 1.54) is 16.9 Å². The van der Waals surface area contributed by atoms with E-state index in [0.29, 0.717) is 11.8 Å². The molecule has 2 atom stereocenters. The van der Waals surface area contributed by atoms with Crippen LogP contribution in [0.15, 0.2) is 30.3 Å². The highest BCUT2D eigenvalue weighted by Gasteiger charge is 2.26. The van der Waals surface area contributed by atoms with Crippen LogP contribution in [0.2, 0.25) is 0 Å². The molecule has 78 valence electrons. The summed E-state index contributed by atoms with van der Waals surface area (Å²) in [4.78, 5) is 0. The number of rotatable bonds is 1. The molecule has 0 saturated heterocycles. The lowest BCUT2D eigenvalue weighted by atomic mass is 9.85. The number of hydrogen-bond donors (Lipinski definition) is 1. The Bertz CT molecular complexity index is 500. The fourth-order valence-electron chi connectivity index (χ4n) is 2.69. The second-order valence-electron chi connectivity index (χ2n) is 4.47. The normalized spacial score (nSPS) is 24.7. The van der Waals surface area contributed by atoms with Gasteiger partial charge in [-0.1, -0.05) is 13.0 Å². The lowest BCUT2D eigenvalue weighted by Crippen LogP contribution is -2.24. The number of pyridine rings is 1. The van der Waals surface area contributed by atoms with Crippen LogP contribution in [-0.4, -0.2) is 16.1 Å². The number of nitrogens with zero attached hydrogens (tertiary/aromatic N) is 1. The molecule has 1 aliphatic rings. The molecule has 3 rings (SSSR count). The molecule has 0 unspecified atom stereocenters. The zero-order chi connectivity index (χ0) is 10.4. The summed E-state index contributed by atoms with van der Waals surface area (Å²) in [6, 6.07) is 10.7. The molecular weight excluding hydrogens is 186 g/mol. The molecule has 1 aliphatic heterocycles. The minimum Gasteiger partial charge on any atom is -0.396 e. The average molecular weight is 201 g/mol. The standard InChI is InChI=1S/C13H15NO/c1-9-10(8-15)7-12-6-5-11-3-2-4-13(9)14(11)12/h2-6,9-10,15H,7-8H2,1H3/t9-,10-/m1/s1. The van der Waals surface area contributed by atoms with E-state index in [2.05, 4.69) is 41.7 Å². The predicted molar refractivity (Wildman–Crippen MR) is 60.1 cm³/mol. The minimum absolute atomic E-state index is 0.280. The molecule has 2 heteroatoms. The molecule has 0 bridgehead atoms.